The van der Waals surface area contributed by atoms with E-state index in [4.69, 9.17) is 0 Å². The molecule has 1 aromatic rings. The van der Waals surface area contributed by atoms with Gasteiger partial charge in [0, 0.05) is 6.07 Å². The van der Waals surface area contributed by atoms with Crippen molar-refractivity contribution in [1.82, 2.24) is 9.78 Å². The largest absolute Gasteiger partial charge is 0.388 e. The van der Waals surface area contributed by atoms with Gasteiger partial charge in [-0.25, -0.2) is 4.68 Å². The van der Waals surface area contributed by atoms with Gasteiger partial charge >= 0.3 is 0 Å². The van der Waals surface area contributed by atoms with Crippen LogP contribution >= 0.6 is 0 Å². The lowest BCUT2D eigenvalue weighted by Crippen LogP contribution is -2.38. The summed E-state index contributed by atoms with van der Waals surface area (Å²) in [5.41, 5.74) is -0.213. The van der Waals surface area contributed by atoms with E-state index in [0.29, 0.717) is 12.8 Å². The minimum absolute atomic E-state index is 0.166. The van der Waals surface area contributed by atoms with Crippen molar-refractivity contribution in [3.63, 3.8) is 0 Å². The Bertz CT molecular complexity index is 380. The molecule has 4 nitrogen and oxygen atoms in total. The van der Waals surface area contributed by atoms with E-state index in [9.17, 15) is 9.90 Å². The van der Waals surface area contributed by atoms with Crippen molar-refractivity contribution in [3.8, 4) is 0 Å². The van der Waals surface area contributed by atoms with Gasteiger partial charge in [0.05, 0.1) is 17.8 Å². The third-order valence-electron chi connectivity index (χ3n) is 2.76. The zero-order chi connectivity index (χ0) is 11.5. The number of rotatable bonds is 4. The quantitative estimate of drug-likeness (QED) is 0.809. The monoisotopic (exact) mass is 210 g/mol. The molecule has 4 heteroatoms. The average Bonchev–Trinajstić information content (AvgIpc) is 2.23. The maximum Gasteiger partial charge on any atom is 0.266 e. The molecule has 1 aromatic heterocycles. The van der Waals surface area contributed by atoms with E-state index < -0.39 is 5.60 Å². The lowest BCUT2D eigenvalue weighted by molar-refractivity contribution is 0.0104. The molecule has 0 unspecified atom stereocenters. The van der Waals surface area contributed by atoms with Gasteiger partial charge in [0.1, 0.15) is 0 Å². The molecule has 0 aliphatic rings. The van der Waals surface area contributed by atoms with Crippen LogP contribution in [0.15, 0.2) is 16.9 Å². The molecular weight excluding hydrogens is 192 g/mol. The van der Waals surface area contributed by atoms with Gasteiger partial charge in [-0.3, -0.25) is 4.79 Å². The van der Waals surface area contributed by atoms with Crippen molar-refractivity contribution >= 4 is 0 Å². The number of aryl methyl sites for hydroxylation is 1. The molecular formula is C11H18N2O2. The topological polar surface area (TPSA) is 55.1 Å². The predicted molar refractivity (Wildman–Crippen MR) is 58.8 cm³/mol. The van der Waals surface area contributed by atoms with E-state index >= 15 is 0 Å². The van der Waals surface area contributed by atoms with Gasteiger partial charge in [0.25, 0.3) is 5.56 Å². The molecule has 1 heterocycles. The second kappa shape index (κ2) is 4.57. The van der Waals surface area contributed by atoms with E-state index in [1.807, 2.05) is 20.8 Å². The highest BCUT2D eigenvalue weighted by Gasteiger charge is 2.23. The highest BCUT2D eigenvalue weighted by Crippen LogP contribution is 2.15. The highest BCUT2D eigenvalue weighted by atomic mass is 16.3. The fourth-order valence-electron chi connectivity index (χ4n) is 1.42. The van der Waals surface area contributed by atoms with Crippen molar-refractivity contribution in [1.29, 1.82) is 0 Å². The summed E-state index contributed by atoms with van der Waals surface area (Å²) in [4.78, 5) is 11.5. The molecule has 0 spiro atoms. The van der Waals surface area contributed by atoms with Crippen LogP contribution in [-0.4, -0.2) is 20.5 Å². The molecule has 0 amide bonds. The fourth-order valence-corrected chi connectivity index (χ4v) is 1.42. The van der Waals surface area contributed by atoms with Gasteiger partial charge in [-0.2, -0.15) is 5.10 Å². The molecule has 0 saturated heterocycles. The van der Waals surface area contributed by atoms with Crippen LogP contribution in [0, 0.1) is 6.92 Å². The van der Waals surface area contributed by atoms with Crippen LogP contribution in [0.1, 0.15) is 32.4 Å². The molecule has 1 N–H and O–H groups in total. The first kappa shape index (κ1) is 11.9. The van der Waals surface area contributed by atoms with Crippen LogP contribution in [0.4, 0.5) is 0 Å². The highest BCUT2D eigenvalue weighted by molar-refractivity contribution is 4.97. The molecule has 1 rings (SSSR count). The van der Waals surface area contributed by atoms with Crippen LogP contribution in [0.25, 0.3) is 0 Å². The minimum Gasteiger partial charge on any atom is -0.388 e. The van der Waals surface area contributed by atoms with Crippen molar-refractivity contribution in [2.24, 2.45) is 0 Å². The van der Waals surface area contributed by atoms with Gasteiger partial charge < -0.3 is 5.11 Å². The number of hydrogen-bond donors (Lipinski definition) is 1. The molecule has 0 bridgehead atoms. The fraction of sp³-hybridized carbons (Fsp3) is 0.636. The number of aromatic nitrogens is 2. The Hall–Kier alpha value is -1.16. The van der Waals surface area contributed by atoms with Gasteiger partial charge in [0.15, 0.2) is 0 Å². The standard InChI is InChI=1S/C11H18N2O2/c1-4-11(15,5-2)8-13-10(14)7-6-9(3)12-13/h6-7,15H,4-5,8H2,1-3H3. The Kier molecular flexibility index (Phi) is 3.63. The zero-order valence-electron chi connectivity index (χ0n) is 9.53. The maximum absolute atomic E-state index is 11.5. The number of nitrogens with zero attached hydrogens (tertiary/aromatic N) is 2. The van der Waals surface area contributed by atoms with Gasteiger partial charge in [0.2, 0.25) is 0 Å². The Morgan fingerprint density at radius 3 is 2.53 bits per heavy atom. The molecule has 15 heavy (non-hydrogen) atoms. The first-order valence-corrected chi connectivity index (χ1v) is 5.28. The molecule has 0 atom stereocenters. The van der Waals surface area contributed by atoms with Crippen molar-refractivity contribution in [2.45, 2.75) is 45.8 Å². The summed E-state index contributed by atoms with van der Waals surface area (Å²) >= 11 is 0. The zero-order valence-corrected chi connectivity index (χ0v) is 9.53. The van der Waals surface area contributed by atoms with Gasteiger partial charge in [-0.1, -0.05) is 13.8 Å². The summed E-state index contributed by atoms with van der Waals surface area (Å²) in [5.74, 6) is 0. The van der Waals surface area contributed by atoms with E-state index in [2.05, 4.69) is 5.10 Å². The predicted octanol–water partition coefficient (Wildman–Crippen LogP) is 1.10. The first-order chi connectivity index (χ1) is 7.00. The van der Waals surface area contributed by atoms with Gasteiger partial charge in [-0.15, -0.1) is 0 Å². The molecule has 0 aliphatic heterocycles. The second-order valence-corrected chi connectivity index (χ2v) is 3.90. The molecule has 0 aliphatic carbocycles. The van der Waals surface area contributed by atoms with Crippen LogP contribution in [-0.2, 0) is 6.54 Å². The molecule has 0 fully saturated rings. The Morgan fingerprint density at radius 1 is 1.40 bits per heavy atom. The van der Waals surface area contributed by atoms with E-state index in [0.717, 1.165) is 5.69 Å². The first-order valence-electron chi connectivity index (χ1n) is 5.28. The molecule has 0 aromatic carbocycles. The van der Waals surface area contributed by atoms with Gasteiger partial charge in [-0.05, 0) is 25.8 Å². The molecule has 84 valence electrons. The third kappa shape index (κ3) is 2.89. The Labute approximate surface area is 89.6 Å². The maximum atomic E-state index is 11.5. The normalized spacial score (nSPS) is 11.7. The summed E-state index contributed by atoms with van der Waals surface area (Å²) in [6, 6.07) is 3.16. The summed E-state index contributed by atoms with van der Waals surface area (Å²) in [7, 11) is 0. The van der Waals surface area contributed by atoms with Crippen LogP contribution in [0.3, 0.4) is 0 Å². The summed E-state index contributed by atoms with van der Waals surface area (Å²) in [6.07, 6.45) is 1.23. The second-order valence-electron chi connectivity index (χ2n) is 3.90. The summed E-state index contributed by atoms with van der Waals surface area (Å²) in [5, 5.41) is 14.2. The SMILES string of the molecule is CCC(O)(CC)Cn1nc(C)ccc1=O. The molecule has 0 saturated carbocycles. The van der Waals surface area contributed by atoms with Crippen molar-refractivity contribution in [3.05, 3.63) is 28.2 Å². The Balaban J connectivity index is 2.98. The van der Waals surface area contributed by atoms with Crippen LogP contribution in [0.2, 0.25) is 0 Å². The summed E-state index contributed by atoms with van der Waals surface area (Å²) in [6.45, 7) is 5.90. The minimum atomic E-state index is -0.829. The van der Waals surface area contributed by atoms with Crippen molar-refractivity contribution < 1.29 is 5.11 Å². The summed E-state index contributed by atoms with van der Waals surface area (Å²) < 4.78 is 1.34. The third-order valence-corrected chi connectivity index (χ3v) is 2.76. The lowest BCUT2D eigenvalue weighted by Gasteiger charge is -2.25. The smallest absolute Gasteiger partial charge is 0.266 e. The van der Waals surface area contributed by atoms with Crippen molar-refractivity contribution in [2.75, 3.05) is 0 Å². The molecule has 0 radical (unpaired) electrons. The van der Waals surface area contributed by atoms with Crippen LogP contribution < -0.4 is 5.56 Å². The van der Waals surface area contributed by atoms with Crippen LogP contribution in [0.5, 0.6) is 0 Å². The van der Waals surface area contributed by atoms with E-state index in [1.165, 1.54) is 10.7 Å². The lowest BCUT2D eigenvalue weighted by atomic mass is 9.98. The number of aliphatic hydroxyl groups is 1. The van der Waals surface area contributed by atoms with E-state index in [1.54, 1.807) is 6.07 Å². The number of hydrogen-bond acceptors (Lipinski definition) is 3. The Morgan fingerprint density at radius 2 is 2.00 bits per heavy atom. The average molecular weight is 210 g/mol. The van der Waals surface area contributed by atoms with E-state index in [-0.39, 0.29) is 12.1 Å².